The highest BCUT2D eigenvalue weighted by Gasteiger charge is 2.24. The molecule has 0 bridgehead atoms. The number of imidazole rings is 1. The van der Waals surface area contributed by atoms with E-state index in [1.165, 1.54) is 0 Å². The summed E-state index contributed by atoms with van der Waals surface area (Å²) in [6, 6.07) is 7.95. The van der Waals surface area contributed by atoms with Crippen LogP contribution in [0.1, 0.15) is 43.3 Å². The Kier molecular flexibility index (Phi) is 8.18. The number of aryl methyl sites for hydroxylation is 3. The number of nitrogens with two attached hydrogens (primary N) is 1. The first-order valence-corrected chi connectivity index (χ1v) is 13.5. The van der Waals surface area contributed by atoms with Crippen molar-refractivity contribution in [2.45, 2.75) is 58.1 Å². The Hall–Kier alpha value is -2.78. The minimum Gasteiger partial charge on any atom is -0.382 e. The fourth-order valence-electron chi connectivity index (χ4n) is 4.73. The van der Waals surface area contributed by atoms with Gasteiger partial charge in [0.25, 0.3) is 0 Å². The number of anilines is 2. The normalized spacial score (nSPS) is 14.6. The molecule has 9 heteroatoms. The molecule has 1 saturated heterocycles. The van der Waals surface area contributed by atoms with Crippen LogP contribution in [0.3, 0.4) is 0 Å². The number of likely N-dealkylation sites (tertiary alicyclic amines) is 1. The van der Waals surface area contributed by atoms with Crippen LogP contribution in [0.15, 0.2) is 29.2 Å². The molecule has 0 saturated carbocycles. The van der Waals surface area contributed by atoms with Gasteiger partial charge in [-0.2, -0.15) is 0 Å². The first-order chi connectivity index (χ1) is 16.9. The number of aromatic nitrogens is 3. The maximum Gasteiger partial charge on any atom is 0.321 e. The Labute approximate surface area is 211 Å². The first-order valence-electron chi connectivity index (χ1n) is 12.3. The van der Waals surface area contributed by atoms with Crippen molar-refractivity contribution in [2.75, 3.05) is 37.0 Å². The summed E-state index contributed by atoms with van der Waals surface area (Å²) in [5, 5.41) is 3.05. The van der Waals surface area contributed by atoms with Crippen LogP contribution in [0, 0.1) is 19.8 Å². The van der Waals surface area contributed by atoms with Crippen LogP contribution < -0.4 is 11.1 Å². The van der Waals surface area contributed by atoms with Crippen LogP contribution in [0.5, 0.6) is 0 Å². The summed E-state index contributed by atoms with van der Waals surface area (Å²) < 4.78 is 7.97. The number of nitrogens with one attached hydrogen (secondary N) is 1. The minimum absolute atomic E-state index is 0.0182. The van der Waals surface area contributed by atoms with Crippen molar-refractivity contribution in [3.8, 4) is 0 Å². The highest BCUT2D eigenvalue weighted by molar-refractivity contribution is 7.98. The second-order valence-corrected chi connectivity index (χ2v) is 9.98. The molecule has 3 aromatic rings. The molecular formula is C26H36N6O2S. The SMILES string of the molecule is CCOCc1nc2c(N)nc(C)c(C)c2n1CCC1CCN(C(=O)Nc2cccc(SC)c2)CC1. The minimum atomic E-state index is -0.0182. The number of fused-ring (bicyclic) bond motifs is 1. The summed E-state index contributed by atoms with van der Waals surface area (Å²) in [5.74, 6) is 1.92. The summed E-state index contributed by atoms with van der Waals surface area (Å²) in [6.07, 6.45) is 5.05. The van der Waals surface area contributed by atoms with Crippen LogP contribution in [-0.4, -0.2) is 51.4 Å². The van der Waals surface area contributed by atoms with Gasteiger partial charge in [-0.1, -0.05) is 6.07 Å². The predicted molar refractivity (Wildman–Crippen MR) is 143 cm³/mol. The van der Waals surface area contributed by atoms with Gasteiger partial charge in [-0.05, 0) is 76.0 Å². The van der Waals surface area contributed by atoms with Gasteiger partial charge in [-0.15, -0.1) is 11.8 Å². The van der Waals surface area contributed by atoms with Crippen molar-refractivity contribution < 1.29 is 9.53 Å². The third kappa shape index (κ3) is 5.73. The van der Waals surface area contributed by atoms with Crippen molar-refractivity contribution in [2.24, 2.45) is 5.92 Å². The van der Waals surface area contributed by atoms with E-state index in [2.05, 4.69) is 21.8 Å². The molecule has 35 heavy (non-hydrogen) atoms. The molecule has 3 heterocycles. The fourth-order valence-corrected chi connectivity index (χ4v) is 5.19. The molecule has 1 aromatic carbocycles. The number of carbonyl (C=O) groups is 1. The lowest BCUT2D eigenvalue weighted by atomic mass is 9.93. The Bertz CT molecular complexity index is 1190. The van der Waals surface area contributed by atoms with E-state index >= 15 is 0 Å². The van der Waals surface area contributed by atoms with Gasteiger partial charge < -0.3 is 25.3 Å². The summed E-state index contributed by atoms with van der Waals surface area (Å²) in [7, 11) is 0. The molecule has 0 spiro atoms. The molecule has 3 N–H and O–H groups in total. The molecule has 1 aliphatic rings. The van der Waals surface area contributed by atoms with Gasteiger partial charge in [-0.3, -0.25) is 0 Å². The number of hydrogen-bond acceptors (Lipinski definition) is 6. The summed E-state index contributed by atoms with van der Waals surface area (Å²) in [4.78, 5) is 25.1. The van der Waals surface area contributed by atoms with Crippen LogP contribution >= 0.6 is 11.8 Å². The van der Waals surface area contributed by atoms with Gasteiger partial charge in [0.05, 0.1) is 5.52 Å². The van der Waals surface area contributed by atoms with Gasteiger partial charge in [0.2, 0.25) is 0 Å². The number of hydrogen-bond donors (Lipinski definition) is 2. The molecule has 0 aliphatic carbocycles. The van der Waals surface area contributed by atoms with Gasteiger partial charge in [0.1, 0.15) is 17.9 Å². The third-order valence-corrected chi connectivity index (χ3v) is 7.62. The number of rotatable bonds is 8. The Morgan fingerprint density at radius 1 is 1.26 bits per heavy atom. The number of carbonyl (C=O) groups excluding carboxylic acids is 1. The monoisotopic (exact) mass is 496 g/mol. The molecule has 1 aliphatic heterocycles. The lowest BCUT2D eigenvalue weighted by Gasteiger charge is -2.32. The number of benzene rings is 1. The lowest BCUT2D eigenvalue weighted by Crippen LogP contribution is -2.41. The number of nitrogens with zero attached hydrogens (tertiary/aromatic N) is 4. The maximum atomic E-state index is 12.8. The van der Waals surface area contributed by atoms with Gasteiger partial charge in [0, 0.05) is 42.5 Å². The molecular weight excluding hydrogens is 460 g/mol. The number of urea groups is 1. The van der Waals surface area contributed by atoms with Gasteiger partial charge >= 0.3 is 6.03 Å². The number of ether oxygens (including phenoxy) is 1. The predicted octanol–water partition coefficient (Wildman–Crippen LogP) is 5.22. The standard InChI is InChI=1S/C26H36N6O2S/c1-5-34-16-22-30-23-24(17(2)18(3)28-25(23)27)32(22)14-11-19-9-12-31(13-10-19)26(33)29-20-7-6-8-21(15-20)35-4/h6-8,15,19H,5,9-14,16H2,1-4H3,(H2,27,28)(H,29,33). The zero-order chi connectivity index (χ0) is 24.9. The fraction of sp³-hybridized carbons (Fsp3) is 0.500. The van der Waals surface area contributed by atoms with Crippen molar-refractivity contribution in [3.63, 3.8) is 0 Å². The van der Waals surface area contributed by atoms with E-state index in [-0.39, 0.29) is 6.03 Å². The average molecular weight is 497 g/mol. The zero-order valence-corrected chi connectivity index (χ0v) is 22.0. The van der Waals surface area contributed by atoms with Crippen LogP contribution in [-0.2, 0) is 17.9 Å². The molecule has 2 aromatic heterocycles. The largest absolute Gasteiger partial charge is 0.382 e. The molecule has 0 radical (unpaired) electrons. The smallest absolute Gasteiger partial charge is 0.321 e. The third-order valence-electron chi connectivity index (χ3n) is 6.89. The van der Waals surface area contributed by atoms with Gasteiger partial charge in [0.15, 0.2) is 5.82 Å². The molecule has 188 valence electrons. The van der Waals surface area contributed by atoms with Crippen molar-refractivity contribution >= 4 is 40.3 Å². The second-order valence-electron chi connectivity index (χ2n) is 9.10. The molecule has 0 unspecified atom stereocenters. The van der Waals surface area contributed by atoms with E-state index in [1.54, 1.807) is 11.8 Å². The van der Waals surface area contributed by atoms with Gasteiger partial charge in [-0.25, -0.2) is 14.8 Å². The number of thioether (sulfide) groups is 1. The number of pyridine rings is 1. The van der Waals surface area contributed by atoms with Crippen molar-refractivity contribution in [3.05, 3.63) is 41.3 Å². The topological polar surface area (TPSA) is 98.3 Å². The zero-order valence-electron chi connectivity index (χ0n) is 21.1. The Morgan fingerprint density at radius 3 is 2.74 bits per heavy atom. The Balaban J connectivity index is 1.39. The van der Waals surface area contributed by atoms with Crippen LogP contribution in [0.25, 0.3) is 11.0 Å². The quantitative estimate of drug-likeness (QED) is 0.415. The molecule has 2 amide bonds. The van der Waals surface area contributed by atoms with E-state index in [1.807, 2.05) is 49.3 Å². The molecule has 0 atom stereocenters. The summed E-state index contributed by atoms with van der Waals surface area (Å²) in [5.41, 5.74) is 10.9. The van der Waals surface area contributed by atoms with E-state index in [9.17, 15) is 4.79 Å². The van der Waals surface area contributed by atoms with Crippen LogP contribution in [0.2, 0.25) is 0 Å². The van der Waals surface area contributed by atoms with Crippen LogP contribution in [0.4, 0.5) is 16.3 Å². The van der Waals surface area contributed by atoms with E-state index in [0.717, 1.165) is 77.6 Å². The highest BCUT2D eigenvalue weighted by Crippen LogP contribution is 2.29. The summed E-state index contributed by atoms with van der Waals surface area (Å²) in [6.45, 7) is 9.54. The Morgan fingerprint density at radius 2 is 2.03 bits per heavy atom. The van der Waals surface area contributed by atoms with E-state index in [0.29, 0.717) is 24.9 Å². The molecule has 1 fully saturated rings. The van der Waals surface area contributed by atoms with Crippen molar-refractivity contribution in [1.29, 1.82) is 0 Å². The number of nitrogen functional groups attached to an aromatic ring is 1. The lowest BCUT2D eigenvalue weighted by molar-refractivity contribution is 0.125. The first kappa shape index (κ1) is 25.3. The number of amides is 2. The second kappa shape index (κ2) is 11.3. The number of piperidine rings is 1. The maximum absolute atomic E-state index is 12.8. The van der Waals surface area contributed by atoms with E-state index < -0.39 is 0 Å². The summed E-state index contributed by atoms with van der Waals surface area (Å²) >= 11 is 1.67. The highest BCUT2D eigenvalue weighted by atomic mass is 32.2. The van der Waals surface area contributed by atoms with E-state index in [4.69, 9.17) is 15.5 Å². The molecule has 8 nitrogen and oxygen atoms in total. The average Bonchev–Trinajstić information content (AvgIpc) is 3.24. The van der Waals surface area contributed by atoms with Crippen molar-refractivity contribution in [1.82, 2.24) is 19.4 Å². The molecule has 4 rings (SSSR count).